The second kappa shape index (κ2) is 10.9. The first kappa shape index (κ1) is 25.9. The molecule has 0 N–H and O–H groups in total. The fourth-order valence-electron chi connectivity index (χ4n) is 4.40. The van der Waals surface area contributed by atoms with Crippen LogP contribution in [0.2, 0.25) is 10.0 Å². The highest BCUT2D eigenvalue weighted by Gasteiger charge is 2.30. The molecule has 0 saturated heterocycles. The second-order valence-electron chi connectivity index (χ2n) is 9.37. The lowest BCUT2D eigenvalue weighted by atomic mass is 10.1. The van der Waals surface area contributed by atoms with Crippen molar-refractivity contribution in [2.45, 2.75) is 40.2 Å². The van der Waals surface area contributed by atoms with Gasteiger partial charge in [-0.15, -0.1) is 0 Å². The van der Waals surface area contributed by atoms with Gasteiger partial charge in [0.25, 0.3) is 11.5 Å². The van der Waals surface area contributed by atoms with Crippen molar-refractivity contribution in [2.75, 3.05) is 6.54 Å². The molecule has 5 nitrogen and oxygen atoms in total. The molecule has 0 fully saturated rings. The topological polar surface area (TPSA) is 55.2 Å². The van der Waals surface area contributed by atoms with E-state index in [0.29, 0.717) is 51.0 Å². The van der Waals surface area contributed by atoms with E-state index < -0.39 is 6.04 Å². The van der Waals surface area contributed by atoms with E-state index in [9.17, 15) is 9.59 Å². The van der Waals surface area contributed by atoms with E-state index in [4.69, 9.17) is 28.2 Å². The van der Waals surface area contributed by atoms with E-state index >= 15 is 0 Å². The first-order chi connectivity index (χ1) is 17.2. The number of para-hydroxylation sites is 1. The molecule has 1 aromatic heterocycles. The third-order valence-corrected chi connectivity index (χ3v) is 6.88. The maximum atomic E-state index is 13.9. The van der Waals surface area contributed by atoms with Gasteiger partial charge in [-0.05, 0) is 61.7 Å². The van der Waals surface area contributed by atoms with Crippen LogP contribution < -0.4 is 5.56 Å². The number of aromatic nitrogens is 2. The van der Waals surface area contributed by atoms with Crippen molar-refractivity contribution in [1.82, 2.24) is 14.5 Å². The zero-order valence-electron chi connectivity index (χ0n) is 20.8. The SMILES string of the molecule is CCC(c1nc2ccccc2c(=O)n1-c1ccc(C)cc1)N(CC(C)C)C(=O)c1ccc(Cl)c(Cl)c1. The van der Waals surface area contributed by atoms with Crippen LogP contribution in [0.1, 0.15) is 55.0 Å². The molecule has 0 bridgehead atoms. The Morgan fingerprint density at radius 3 is 2.33 bits per heavy atom. The fraction of sp³-hybridized carbons (Fsp3) is 0.276. The maximum Gasteiger partial charge on any atom is 0.266 e. The number of rotatable bonds is 7. The molecule has 0 radical (unpaired) electrons. The van der Waals surface area contributed by atoms with Crippen molar-refractivity contribution in [3.8, 4) is 5.69 Å². The monoisotopic (exact) mass is 521 g/mol. The number of hydrogen-bond acceptors (Lipinski definition) is 3. The van der Waals surface area contributed by atoms with Crippen LogP contribution in [-0.2, 0) is 0 Å². The maximum absolute atomic E-state index is 13.9. The summed E-state index contributed by atoms with van der Waals surface area (Å²) in [5, 5.41) is 1.24. The molecule has 0 saturated carbocycles. The highest BCUT2D eigenvalue weighted by molar-refractivity contribution is 6.42. The number of carbonyl (C=O) groups is 1. The van der Waals surface area contributed by atoms with Crippen LogP contribution >= 0.6 is 23.2 Å². The summed E-state index contributed by atoms with van der Waals surface area (Å²) in [6, 6.07) is 19.5. The third-order valence-electron chi connectivity index (χ3n) is 6.14. The molecule has 1 heterocycles. The first-order valence-corrected chi connectivity index (χ1v) is 12.8. The number of aryl methyl sites for hydroxylation is 1. The van der Waals surface area contributed by atoms with Crippen LogP contribution in [0.4, 0.5) is 0 Å². The second-order valence-corrected chi connectivity index (χ2v) is 10.2. The summed E-state index contributed by atoms with van der Waals surface area (Å²) < 4.78 is 1.64. The summed E-state index contributed by atoms with van der Waals surface area (Å²) >= 11 is 12.3. The predicted molar refractivity (Wildman–Crippen MR) is 147 cm³/mol. The fourth-order valence-corrected chi connectivity index (χ4v) is 4.70. The van der Waals surface area contributed by atoms with Gasteiger partial charge in [0.1, 0.15) is 5.82 Å². The van der Waals surface area contributed by atoms with Gasteiger partial charge in [-0.3, -0.25) is 14.2 Å². The van der Waals surface area contributed by atoms with Gasteiger partial charge in [0.05, 0.1) is 32.7 Å². The average Bonchev–Trinajstić information content (AvgIpc) is 2.86. The van der Waals surface area contributed by atoms with Gasteiger partial charge in [0.2, 0.25) is 0 Å². The molecular weight excluding hydrogens is 493 g/mol. The van der Waals surface area contributed by atoms with Crippen molar-refractivity contribution >= 4 is 40.0 Å². The normalized spacial score (nSPS) is 12.2. The number of carbonyl (C=O) groups excluding carboxylic acids is 1. The summed E-state index contributed by atoms with van der Waals surface area (Å²) in [6.07, 6.45) is 0.566. The van der Waals surface area contributed by atoms with E-state index in [-0.39, 0.29) is 17.4 Å². The van der Waals surface area contributed by atoms with Crippen molar-refractivity contribution in [3.05, 3.63) is 104 Å². The molecule has 3 aromatic carbocycles. The molecular formula is C29H29Cl2N3O2. The number of benzene rings is 3. The van der Waals surface area contributed by atoms with Crippen LogP contribution in [-0.4, -0.2) is 26.9 Å². The van der Waals surface area contributed by atoms with Gasteiger partial charge in [-0.2, -0.15) is 0 Å². The Labute approximate surface area is 221 Å². The standard InChI is InChI=1S/C29H29Cl2N3O2/c1-5-26(33(17-18(2)3)28(35)20-12-15-23(30)24(31)16-20)27-32-25-9-7-6-8-22(25)29(36)34(27)21-13-10-19(4)11-14-21/h6-16,18,26H,5,17H2,1-4H3. The molecule has 0 aliphatic rings. The van der Waals surface area contributed by atoms with Crippen molar-refractivity contribution < 1.29 is 4.79 Å². The molecule has 0 aliphatic heterocycles. The van der Waals surface area contributed by atoms with Crippen LogP contribution in [0.15, 0.2) is 71.5 Å². The lowest BCUT2D eigenvalue weighted by molar-refractivity contribution is 0.0631. The Morgan fingerprint density at radius 1 is 1.00 bits per heavy atom. The summed E-state index contributed by atoms with van der Waals surface area (Å²) in [5.74, 6) is 0.525. The Bertz CT molecular complexity index is 1460. The quantitative estimate of drug-likeness (QED) is 0.257. The zero-order valence-corrected chi connectivity index (χ0v) is 22.3. The largest absolute Gasteiger partial charge is 0.328 e. The summed E-state index contributed by atoms with van der Waals surface area (Å²) in [5.41, 5.74) is 2.68. The van der Waals surface area contributed by atoms with Crippen molar-refractivity contribution in [2.24, 2.45) is 5.92 Å². The Kier molecular flexibility index (Phi) is 7.82. The van der Waals surface area contributed by atoms with Gasteiger partial charge in [-0.25, -0.2) is 4.98 Å². The minimum atomic E-state index is -0.451. The average molecular weight is 522 g/mol. The number of amides is 1. The van der Waals surface area contributed by atoms with E-state index in [0.717, 1.165) is 5.56 Å². The minimum Gasteiger partial charge on any atom is -0.328 e. The molecule has 7 heteroatoms. The molecule has 186 valence electrons. The highest BCUT2D eigenvalue weighted by Crippen LogP contribution is 2.30. The van der Waals surface area contributed by atoms with Crippen LogP contribution in [0.3, 0.4) is 0 Å². The Morgan fingerprint density at radius 2 is 1.69 bits per heavy atom. The molecule has 36 heavy (non-hydrogen) atoms. The van der Waals surface area contributed by atoms with Crippen LogP contribution in [0.5, 0.6) is 0 Å². The molecule has 1 amide bonds. The van der Waals surface area contributed by atoms with Crippen LogP contribution in [0, 0.1) is 12.8 Å². The predicted octanol–water partition coefficient (Wildman–Crippen LogP) is 7.25. The minimum absolute atomic E-state index is 0.163. The zero-order chi connectivity index (χ0) is 26.0. The summed E-state index contributed by atoms with van der Waals surface area (Å²) in [7, 11) is 0. The van der Waals surface area contributed by atoms with Gasteiger partial charge < -0.3 is 4.90 Å². The number of hydrogen-bond donors (Lipinski definition) is 0. The van der Waals surface area contributed by atoms with E-state index in [1.807, 2.05) is 56.3 Å². The van der Waals surface area contributed by atoms with Gasteiger partial charge in [0, 0.05) is 12.1 Å². The smallest absolute Gasteiger partial charge is 0.266 e. The Hall–Kier alpha value is -3.15. The third kappa shape index (κ3) is 5.18. The molecule has 1 unspecified atom stereocenters. The number of nitrogens with zero attached hydrogens (tertiary/aromatic N) is 3. The van der Waals surface area contributed by atoms with E-state index in [2.05, 4.69) is 13.8 Å². The molecule has 1 atom stereocenters. The number of halogens is 2. The Balaban J connectivity index is 1.95. The number of fused-ring (bicyclic) bond motifs is 1. The first-order valence-electron chi connectivity index (χ1n) is 12.1. The van der Waals surface area contributed by atoms with Crippen molar-refractivity contribution in [3.63, 3.8) is 0 Å². The van der Waals surface area contributed by atoms with Gasteiger partial charge >= 0.3 is 0 Å². The van der Waals surface area contributed by atoms with E-state index in [1.54, 1.807) is 33.7 Å². The lowest BCUT2D eigenvalue weighted by Crippen LogP contribution is -2.40. The molecule has 0 spiro atoms. The van der Waals surface area contributed by atoms with E-state index in [1.165, 1.54) is 0 Å². The highest BCUT2D eigenvalue weighted by atomic mass is 35.5. The molecule has 0 aliphatic carbocycles. The lowest BCUT2D eigenvalue weighted by Gasteiger charge is -2.33. The summed E-state index contributed by atoms with van der Waals surface area (Å²) in [6.45, 7) is 8.60. The van der Waals surface area contributed by atoms with Crippen molar-refractivity contribution in [1.29, 1.82) is 0 Å². The van der Waals surface area contributed by atoms with Gasteiger partial charge in [-0.1, -0.05) is 73.8 Å². The molecule has 4 aromatic rings. The van der Waals surface area contributed by atoms with Gasteiger partial charge in [0.15, 0.2) is 0 Å². The van der Waals surface area contributed by atoms with Crippen LogP contribution in [0.25, 0.3) is 16.6 Å². The molecule has 4 rings (SSSR count). The summed E-state index contributed by atoms with van der Waals surface area (Å²) in [4.78, 5) is 34.4.